The molecule has 2 rings (SSSR count). The first-order valence-corrected chi connectivity index (χ1v) is 6.36. The molecule has 0 aliphatic carbocycles. The average molecular weight is 275 g/mol. The molecule has 1 unspecified atom stereocenters. The van der Waals surface area contributed by atoms with Gasteiger partial charge in [0.15, 0.2) is 0 Å². The maximum absolute atomic E-state index is 12.0. The number of hydrogen-bond donors (Lipinski definition) is 2. The zero-order chi connectivity index (χ0) is 13.8. The Kier molecular flexibility index (Phi) is 4.07. The van der Waals surface area contributed by atoms with E-state index in [2.05, 4.69) is 5.32 Å². The number of benzene rings is 2. The Bertz CT molecular complexity index is 581. The predicted octanol–water partition coefficient (Wildman–Crippen LogP) is 3.41. The molecule has 1 atom stereocenters. The molecule has 0 aliphatic rings. The lowest BCUT2D eigenvalue weighted by Crippen LogP contribution is -2.26. The first kappa shape index (κ1) is 13.4. The first-order valence-electron chi connectivity index (χ1n) is 5.98. The molecule has 19 heavy (non-hydrogen) atoms. The van der Waals surface area contributed by atoms with Crippen molar-refractivity contribution in [3.8, 4) is 0 Å². The Morgan fingerprint density at radius 2 is 1.89 bits per heavy atom. The van der Waals surface area contributed by atoms with E-state index in [1.165, 1.54) is 0 Å². The average Bonchev–Trinajstić information content (AvgIpc) is 2.39. The van der Waals surface area contributed by atoms with Gasteiger partial charge in [-0.05, 0) is 48.9 Å². The quantitative estimate of drug-likeness (QED) is 0.843. The second-order valence-electron chi connectivity index (χ2n) is 4.37. The number of nitrogens with one attached hydrogen (secondary N) is 1. The highest BCUT2D eigenvalue weighted by atomic mass is 35.5. The van der Waals surface area contributed by atoms with Crippen LogP contribution < -0.4 is 11.1 Å². The Morgan fingerprint density at radius 3 is 2.53 bits per heavy atom. The van der Waals surface area contributed by atoms with Crippen molar-refractivity contribution in [2.75, 3.05) is 5.73 Å². The van der Waals surface area contributed by atoms with Crippen LogP contribution in [0, 0.1) is 0 Å². The Labute approximate surface area is 117 Å². The first-order chi connectivity index (χ1) is 9.06. The van der Waals surface area contributed by atoms with Crippen molar-refractivity contribution in [2.45, 2.75) is 13.0 Å². The van der Waals surface area contributed by atoms with E-state index in [1.54, 1.807) is 30.3 Å². The Balaban J connectivity index is 2.08. The van der Waals surface area contributed by atoms with Crippen LogP contribution in [-0.2, 0) is 0 Å². The van der Waals surface area contributed by atoms with Crippen molar-refractivity contribution < 1.29 is 4.79 Å². The summed E-state index contributed by atoms with van der Waals surface area (Å²) in [5.74, 6) is -0.132. The summed E-state index contributed by atoms with van der Waals surface area (Å²) in [5.41, 5.74) is 7.78. The second kappa shape index (κ2) is 5.76. The van der Waals surface area contributed by atoms with Crippen molar-refractivity contribution in [3.05, 3.63) is 64.7 Å². The van der Waals surface area contributed by atoms with Crippen LogP contribution in [-0.4, -0.2) is 5.91 Å². The zero-order valence-electron chi connectivity index (χ0n) is 10.6. The van der Waals surface area contributed by atoms with E-state index in [4.69, 9.17) is 17.3 Å². The summed E-state index contributed by atoms with van der Waals surface area (Å²) >= 11 is 5.93. The fourth-order valence-electron chi connectivity index (χ4n) is 1.77. The van der Waals surface area contributed by atoms with E-state index >= 15 is 0 Å². The molecule has 0 fully saturated rings. The minimum Gasteiger partial charge on any atom is -0.399 e. The number of rotatable bonds is 3. The van der Waals surface area contributed by atoms with Crippen molar-refractivity contribution in [2.24, 2.45) is 0 Å². The summed E-state index contributed by atoms with van der Waals surface area (Å²) in [5, 5.41) is 3.58. The second-order valence-corrected chi connectivity index (χ2v) is 4.81. The molecule has 0 aliphatic heterocycles. The SMILES string of the molecule is CC(NC(=O)c1ccc(N)cc1)c1cccc(Cl)c1. The van der Waals surface area contributed by atoms with Gasteiger partial charge in [-0.2, -0.15) is 0 Å². The van der Waals surface area contributed by atoms with Crippen molar-refractivity contribution in [3.63, 3.8) is 0 Å². The molecule has 0 heterocycles. The highest BCUT2D eigenvalue weighted by molar-refractivity contribution is 6.30. The molecule has 0 aromatic heterocycles. The molecule has 0 saturated heterocycles. The molecule has 3 N–H and O–H groups in total. The smallest absolute Gasteiger partial charge is 0.251 e. The maximum Gasteiger partial charge on any atom is 0.251 e. The van der Waals surface area contributed by atoms with Crippen LogP contribution in [0.15, 0.2) is 48.5 Å². The topological polar surface area (TPSA) is 55.1 Å². The monoisotopic (exact) mass is 274 g/mol. The van der Waals surface area contributed by atoms with Gasteiger partial charge in [0, 0.05) is 16.3 Å². The zero-order valence-corrected chi connectivity index (χ0v) is 11.3. The van der Waals surface area contributed by atoms with Crippen LogP contribution in [0.3, 0.4) is 0 Å². The maximum atomic E-state index is 12.0. The van der Waals surface area contributed by atoms with E-state index in [-0.39, 0.29) is 11.9 Å². The highest BCUT2D eigenvalue weighted by Gasteiger charge is 2.11. The van der Waals surface area contributed by atoms with Gasteiger partial charge in [-0.15, -0.1) is 0 Å². The summed E-state index contributed by atoms with van der Waals surface area (Å²) in [7, 11) is 0. The highest BCUT2D eigenvalue weighted by Crippen LogP contribution is 2.18. The van der Waals surface area contributed by atoms with Crippen molar-refractivity contribution in [1.29, 1.82) is 0 Å². The van der Waals surface area contributed by atoms with Gasteiger partial charge in [0.05, 0.1) is 6.04 Å². The van der Waals surface area contributed by atoms with Crippen molar-refractivity contribution in [1.82, 2.24) is 5.32 Å². The molecule has 98 valence electrons. The van der Waals surface area contributed by atoms with Gasteiger partial charge >= 0.3 is 0 Å². The van der Waals surface area contributed by atoms with Crippen LogP contribution in [0.1, 0.15) is 28.9 Å². The number of amides is 1. The minimum atomic E-state index is -0.132. The number of halogens is 1. The van der Waals surface area contributed by atoms with Crippen LogP contribution in [0.25, 0.3) is 0 Å². The number of carbonyl (C=O) groups excluding carboxylic acids is 1. The van der Waals surface area contributed by atoms with Crippen LogP contribution >= 0.6 is 11.6 Å². The van der Waals surface area contributed by atoms with Gasteiger partial charge in [0.1, 0.15) is 0 Å². The molecule has 1 amide bonds. The summed E-state index contributed by atoms with van der Waals surface area (Å²) in [6.45, 7) is 1.92. The number of anilines is 1. The van der Waals surface area contributed by atoms with Gasteiger partial charge in [-0.1, -0.05) is 23.7 Å². The molecule has 0 bridgehead atoms. The van der Waals surface area contributed by atoms with E-state index in [0.717, 1.165) is 5.56 Å². The molecule has 0 saturated carbocycles. The van der Waals surface area contributed by atoms with Gasteiger partial charge < -0.3 is 11.1 Å². The van der Waals surface area contributed by atoms with Gasteiger partial charge in [0.2, 0.25) is 0 Å². The third-order valence-corrected chi connectivity index (χ3v) is 3.10. The lowest BCUT2D eigenvalue weighted by Gasteiger charge is -2.14. The van der Waals surface area contributed by atoms with Gasteiger partial charge in [-0.25, -0.2) is 0 Å². The van der Waals surface area contributed by atoms with Gasteiger partial charge in [-0.3, -0.25) is 4.79 Å². The lowest BCUT2D eigenvalue weighted by atomic mass is 10.1. The number of carbonyl (C=O) groups is 1. The predicted molar refractivity (Wildman–Crippen MR) is 78.2 cm³/mol. The standard InChI is InChI=1S/C15H15ClN2O/c1-10(12-3-2-4-13(16)9-12)18-15(19)11-5-7-14(17)8-6-11/h2-10H,17H2,1H3,(H,18,19). The largest absolute Gasteiger partial charge is 0.399 e. The fraction of sp³-hybridized carbons (Fsp3) is 0.133. The number of hydrogen-bond acceptors (Lipinski definition) is 2. The molecular weight excluding hydrogens is 260 g/mol. The molecule has 0 spiro atoms. The third-order valence-electron chi connectivity index (χ3n) is 2.87. The molecule has 2 aromatic carbocycles. The molecule has 2 aromatic rings. The van der Waals surface area contributed by atoms with E-state index < -0.39 is 0 Å². The molecular formula is C15H15ClN2O. The third kappa shape index (κ3) is 3.48. The van der Waals surface area contributed by atoms with Gasteiger partial charge in [0.25, 0.3) is 5.91 Å². The fourth-order valence-corrected chi connectivity index (χ4v) is 1.97. The van der Waals surface area contributed by atoms with Crippen LogP contribution in [0.5, 0.6) is 0 Å². The summed E-state index contributed by atoms with van der Waals surface area (Å²) < 4.78 is 0. The van der Waals surface area contributed by atoms with Crippen molar-refractivity contribution >= 4 is 23.2 Å². The van der Waals surface area contributed by atoms with E-state index in [9.17, 15) is 4.79 Å². The van der Waals surface area contributed by atoms with Crippen LogP contribution in [0.2, 0.25) is 5.02 Å². The minimum absolute atomic E-state index is 0.108. The number of nitrogens with two attached hydrogens (primary N) is 1. The lowest BCUT2D eigenvalue weighted by molar-refractivity contribution is 0.0940. The summed E-state index contributed by atoms with van der Waals surface area (Å²) in [4.78, 5) is 12.0. The summed E-state index contributed by atoms with van der Waals surface area (Å²) in [6, 6.07) is 14.2. The number of nitrogen functional groups attached to an aromatic ring is 1. The normalized spacial score (nSPS) is 11.9. The molecule has 4 heteroatoms. The van der Waals surface area contributed by atoms with E-state index in [0.29, 0.717) is 16.3 Å². The molecule has 3 nitrogen and oxygen atoms in total. The molecule has 0 radical (unpaired) electrons. The Hall–Kier alpha value is -2.00. The van der Waals surface area contributed by atoms with E-state index in [1.807, 2.05) is 25.1 Å². The Morgan fingerprint density at radius 1 is 1.21 bits per heavy atom. The summed E-state index contributed by atoms with van der Waals surface area (Å²) in [6.07, 6.45) is 0. The van der Waals surface area contributed by atoms with Crippen LogP contribution in [0.4, 0.5) is 5.69 Å².